The molecule has 0 radical (unpaired) electrons. The molecular weight excluding hydrogens is 917 g/mol. The molecule has 0 unspecified atom stereocenters. The quantitative estimate of drug-likeness (QED) is 0.126. The van der Waals surface area contributed by atoms with E-state index in [1.54, 1.807) is 0 Å². The van der Waals surface area contributed by atoms with Crippen molar-refractivity contribution in [3.05, 3.63) is 218 Å². The third kappa shape index (κ3) is 8.24. The number of benzene rings is 10. The second kappa shape index (κ2) is 17.4. The van der Waals surface area contributed by atoms with Gasteiger partial charge in [0.15, 0.2) is 0 Å². The summed E-state index contributed by atoms with van der Waals surface area (Å²) in [7, 11) is -2.92. The standard InChI is InChI=1S/C64H54N2S2Si2/c1-69(2,3)55-31-25-51(26-32-55)65(49-21-17-45(18-22-49)43-13-9-7-10-14-43)53-29-35-57-59-37-47-38-60-58-36-30-54(42-64(58)68-62(60)40-48(47)39-61(59)67-63(57)41-53)66(52-27-33-56(34-28-52)70(4,5)6)50-23-19-46(20-24-50)44-15-11-8-12-16-44/h7-42H,1-6H3. The summed E-state index contributed by atoms with van der Waals surface area (Å²) >= 11 is 3.79. The zero-order chi connectivity index (χ0) is 47.7. The highest BCUT2D eigenvalue weighted by molar-refractivity contribution is 7.26. The zero-order valence-corrected chi connectivity index (χ0v) is 44.1. The minimum atomic E-state index is -1.46. The van der Waals surface area contributed by atoms with Crippen LogP contribution in [0, 0.1) is 0 Å². The van der Waals surface area contributed by atoms with Crippen molar-refractivity contribution in [3.63, 3.8) is 0 Å². The Morgan fingerprint density at radius 1 is 0.271 bits per heavy atom. The average Bonchev–Trinajstić information content (AvgIpc) is 3.92. The van der Waals surface area contributed by atoms with Crippen LogP contribution in [-0.2, 0) is 0 Å². The van der Waals surface area contributed by atoms with Crippen LogP contribution in [-0.4, -0.2) is 16.1 Å². The van der Waals surface area contributed by atoms with Crippen LogP contribution in [0.5, 0.6) is 0 Å². The van der Waals surface area contributed by atoms with Crippen LogP contribution in [0.1, 0.15) is 0 Å². The van der Waals surface area contributed by atoms with Gasteiger partial charge >= 0.3 is 0 Å². The first-order chi connectivity index (χ1) is 33.9. The van der Waals surface area contributed by atoms with Crippen LogP contribution < -0.4 is 20.2 Å². The summed E-state index contributed by atoms with van der Waals surface area (Å²) in [6, 6.07) is 81.8. The average molecular weight is 971 g/mol. The van der Waals surface area contributed by atoms with E-state index in [4.69, 9.17) is 0 Å². The monoisotopic (exact) mass is 970 g/mol. The molecule has 0 aliphatic heterocycles. The first-order valence-electron chi connectivity index (χ1n) is 24.3. The summed E-state index contributed by atoms with van der Waals surface area (Å²) in [5.74, 6) is 0. The summed E-state index contributed by atoms with van der Waals surface area (Å²) in [5, 5.41) is 10.7. The van der Waals surface area contributed by atoms with Crippen LogP contribution in [0.3, 0.4) is 0 Å². The first-order valence-corrected chi connectivity index (χ1v) is 32.9. The van der Waals surface area contributed by atoms with Crippen LogP contribution in [0.2, 0.25) is 39.3 Å². The minimum absolute atomic E-state index is 1.15. The molecule has 0 aliphatic rings. The van der Waals surface area contributed by atoms with Crippen LogP contribution in [0.4, 0.5) is 34.1 Å². The molecule has 0 aliphatic carbocycles. The molecule has 12 rings (SSSR count). The fraction of sp³-hybridized carbons (Fsp3) is 0.0938. The molecule has 0 bridgehead atoms. The number of thiophene rings is 2. The van der Waals surface area contributed by atoms with Gasteiger partial charge in [0.2, 0.25) is 0 Å². The Morgan fingerprint density at radius 2 is 0.571 bits per heavy atom. The van der Waals surface area contributed by atoms with E-state index in [-0.39, 0.29) is 0 Å². The Labute approximate surface area is 421 Å². The van der Waals surface area contributed by atoms with Gasteiger partial charge in [-0.1, -0.05) is 171 Å². The van der Waals surface area contributed by atoms with Gasteiger partial charge in [-0.3, -0.25) is 0 Å². The van der Waals surface area contributed by atoms with Gasteiger partial charge in [-0.15, -0.1) is 22.7 Å². The molecule has 2 nitrogen and oxygen atoms in total. The van der Waals surface area contributed by atoms with Gasteiger partial charge in [0, 0.05) is 74.5 Å². The lowest BCUT2D eigenvalue weighted by atomic mass is 10.0. The summed E-state index contributed by atoms with van der Waals surface area (Å²) in [5.41, 5.74) is 11.8. The van der Waals surface area contributed by atoms with E-state index in [0.29, 0.717) is 0 Å². The lowest BCUT2D eigenvalue weighted by Crippen LogP contribution is -2.37. The highest BCUT2D eigenvalue weighted by Gasteiger charge is 2.22. The van der Waals surface area contributed by atoms with Crippen LogP contribution >= 0.6 is 22.7 Å². The molecule has 2 heterocycles. The number of hydrogen-bond donors (Lipinski definition) is 0. The molecule has 0 atom stereocenters. The van der Waals surface area contributed by atoms with Gasteiger partial charge in [0.1, 0.15) is 0 Å². The number of rotatable bonds is 10. The largest absolute Gasteiger partial charge is 0.310 e. The van der Waals surface area contributed by atoms with Crippen molar-refractivity contribution in [1.29, 1.82) is 0 Å². The molecule has 0 N–H and O–H groups in total. The van der Waals surface area contributed by atoms with Crippen LogP contribution in [0.25, 0.3) is 73.4 Å². The Morgan fingerprint density at radius 3 is 0.929 bits per heavy atom. The Bertz CT molecular complexity index is 3610. The first kappa shape index (κ1) is 44.2. The SMILES string of the molecule is C[Si](C)(C)c1ccc(N(c2ccc(-c3ccccc3)cc2)c2ccc3c(c2)sc2cc4cc5sc6cc(N(c7ccc(-c8ccccc8)cc7)c7ccc([Si](C)(C)C)cc7)ccc6c5cc4cc23)cc1. The summed E-state index contributed by atoms with van der Waals surface area (Å²) in [4.78, 5) is 4.83. The van der Waals surface area contributed by atoms with Gasteiger partial charge in [0.25, 0.3) is 0 Å². The van der Waals surface area contributed by atoms with E-state index in [1.165, 1.54) is 95.1 Å². The van der Waals surface area contributed by atoms with Crippen molar-refractivity contribution in [3.8, 4) is 22.3 Å². The maximum atomic E-state index is 2.43. The fourth-order valence-corrected chi connectivity index (χ4v) is 14.7. The van der Waals surface area contributed by atoms with Gasteiger partial charge in [-0.2, -0.15) is 0 Å². The highest BCUT2D eigenvalue weighted by Crippen LogP contribution is 2.45. The molecule has 6 heteroatoms. The van der Waals surface area contributed by atoms with Crippen molar-refractivity contribution in [2.75, 3.05) is 9.80 Å². The molecule has 70 heavy (non-hydrogen) atoms. The third-order valence-corrected chi connectivity index (χ3v) is 20.3. The van der Waals surface area contributed by atoms with E-state index in [0.717, 1.165) is 22.7 Å². The van der Waals surface area contributed by atoms with E-state index >= 15 is 0 Å². The van der Waals surface area contributed by atoms with Gasteiger partial charge in [-0.25, -0.2) is 0 Å². The Hall–Kier alpha value is -7.07. The van der Waals surface area contributed by atoms with E-state index < -0.39 is 16.1 Å². The lowest BCUT2D eigenvalue weighted by molar-refractivity contribution is 1.29. The van der Waals surface area contributed by atoms with Crippen LogP contribution in [0.15, 0.2) is 218 Å². The maximum absolute atomic E-state index is 2.43. The molecular formula is C64H54N2S2Si2. The summed E-state index contributed by atoms with van der Waals surface area (Å²) in [6.45, 7) is 14.5. The van der Waals surface area contributed by atoms with Crippen molar-refractivity contribution in [1.82, 2.24) is 0 Å². The van der Waals surface area contributed by atoms with Gasteiger partial charge in [0.05, 0.1) is 16.1 Å². The predicted octanol–water partition coefficient (Wildman–Crippen LogP) is 18.9. The van der Waals surface area contributed by atoms with E-state index in [1.807, 2.05) is 22.7 Å². The number of fused-ring (bicyclic) bond motifs is 7. The second-order valence-electron chi connectivity index (χ2n) is 20.7. The van der Waals surface area contributed by atoms with Crippen molar-refractivity contribution < 1.29 is 0 Å². The molecule has 0 fully saturated rings. The Kier molecular flexibility index (Phi) is 11.0. The predicted molar refractivity (Wildman–Crippen MR) is 316 cm³/mol. The van der Waals surface area contributed by atoms with E-state index in [9.17, 15) is 0 Å². The molecule has 12 aromatic rings. The lowest BCUT2D eigenvalue weighted by Gasteiger charge is -2.27. The molecule has 0 saturated heterocycles. The minimum Gasteiger partial charge on any atom is -0.310 e. The molecule has 0 amide bonds. The zero-order valence-electron chi connectivity index (χ0n) is 40.5. The second-order valence-corrected chi connectivity index (χ2v) is 33.0. The molecule has 0 spiro atoms. The number of hydrogen-bond acceptors (Lipinski definition) is 4. The third-order valence-electron chi connectivity index (χ3n) is 14.0. The number of anilines is 6. The maximum Gasteiger partial charge on any atom is 0.0775 e. The van der Waals surface area contributed by atoms with Gasteiger partial charge < -0.3 is 9.80 Å². The molecule has 10 aromatic carbocycles. The summed E-state index contributed by atoms with van der Waals surface area (Å²) in [6.07, 6.45) is 0. The molecule has 0 saturated carbocycles. The number of nitrogens with zero attached hydrogens (tertiary/aromatic N) is 2. The van der Waals surface area contributed by atoms with E-state index in [2.05, 4.69) is 267 Å². The molecule has 340 valence electrons. The fourth-order valence-electron chi connectivity index (χ4n) is 10.0. The van der Waals surface area contributed by atoms with Crippen molar-refractivity contribution in [2.24, 2.45) is 0 Å². The highest BCUT2D eigenvalue weighted by atomic mass is 32.1. The topological polar surface area (TPSA) is 6.48 Å². The van der Waals surface area contributed by atoms with Crippen molar-refractivity contribution in [2.45, 2.75) is 39.3 Å². The molecule has 2 aromatic heterocycles. The normalized spacial score (nSPS) is 12.1. The smallest absolute Gasteiger partial charge is 0.0775 e. The van der Waals surface area contributed by atoms with Gasteiger partial charge in [-0.05, 0) is 130 Å². The summed E-state index contributed by atoms with van der Waals surface area (Å²) < 4.78 is 5.22. The Balaban J connectivity index is 0.915. The van der Waals surface area contributed by atoms with Crippen molar-refractivity contribution >= 4 is 134 Å².